The van der Waals surface area contributed by atoms with E-state index in [1.54, 1.807) is 0 Å². The maximum atomic E-state index is 13.1. The lowest BCUT2D eigenvalue weighted by Crippen LogP contribution is -2.55. The Morgan fingerprint density at radius 3 is 2.24 bits per heavy atom. The largest absolute Gasteiger partial charge is 0.297 e. The second-order valence-corrected chi connectivity index (χ2v) is 7.76. The summed E-state index contributed by atoms with van der Waals surface area (Å²) < 4.78 is 1.23. The zero-order valence-electron chi connectivity index (χ0n) is 12.6. The third-order valence-corrected chi connectivity index (χ3v) is 5.91. The van der Waals surface area contributed by atoms with Crippen LogP contribution in [0, 0.1) is 3.57 Å². The lowest BCUT2D eigenvalue weighted by atomic mass is 9.85. The van der Waals surface area contributed by atoms with Gasteiger partial charge in [0.25, 0.3) is 0 Å². The SMILES string of the molecule is O=C(Cc1ccc(I)cc1)C1(N2CCCCC2)CCCC1. The summed E-state index contributed by atoms with van der Waals surface area (Å²) in [5.74, 6) is 0.461. The molecule has 2 nitrogen and oxygen atoms in total. The van der Waals surface area contributed by atoms with Gasteiger partial charge in [0.2, 0.25) is 0 Å². The van der Waals surface area contributed by atoms with E-state index in [9.17, 15) is 4.79 Å². The van der Waals surface area contributed by atoms with Crippen molar-refractivity contribution in [2.24, 2.45) is 0 Å². The first-order valence-corrected chi connectivity index (χ1v) is 9.31. The molecule has 1 aromatic rings. The number of piperidine rings is 1. The van der Waals surface area contributed by atoms with Gasteiger partial charge in [-0.3, -0.25) is 9.69 Å². The van der Waals surface area contributed by atoms with Crippen molar-refractivity contribution in [3.63, 3.8) is 0 Å². The van der Waals surface area contributed by atoms with E-state index in [0.29, 0.717) is 12.2 Å². The topological polar surface area (TPSA) is 20.3 Å². The van der Waals surface area contributed by atoms with Gasteiger partial charge in [-0.15, -0.1) is 0 Å². The lowest BCUT2D eigenvalue weighted by Gasteiger charge is -2.42. The fourth-order valence-corrected chi connectivity index (χ4v) is 4.37. The smallest absolute Gasteiger partial charge is 0.157 e. The lowest BCUT2D eigenvalue weighted by molar-refractivity contribution is -0.131. The highest BCUT2D eigenvalue weighted by Crippen LogP contribution is 2.38. The molecule has 1 aliphatic carbocycles. The molecule has 3 heteroatoms. The van der Waals surface area contributed by atoms with Crippen molar-refractivity contribution >= 4 is 28.4 Å². The van der Waals surface area contributed by atoms with E-state index >= 15 is 0 Å². The number of carbonyl (C=O) groups excluding carboxylic acids is 1. The Morgan fingerprint density at radius 2 is 1.62 bits per heavy atom. The minimum atomic E-state index is -0.135. The molecule has 0 amide bonds. The molecule has 2 fully saturated rings. The van der Waals surface area contributed by atoms with E-state index in [-0.39, 0.29) is 5.54 Å². The van der Waals surface area contributed by atoms with Crippen LogP contribution in [0.4, 0.5) is 0 Å². The highest BCUT2D eigenvalue weighted by Gasteiger charge is 2.45. The number of benzene rings is 1. The van der Waals surface area contributed by atoms with Crippen LogP contribution >= 0.6 is 22.6 Å². The van der Waals surface area contributed by atoms with Gasteiger partial charge in [-0.05, 0) is 79.1 Å². The summed E-state index contributed by atoms with van der Waals surface area (Å²) in [6.45, 7) is 2.25. The summed E-state index contributed by atoms with van der Waals surface area (Å²) in [6.07, 6.45) is 9.05. The van der Waals surface area contributed by atoms with Crippen LogP contribution in [0.2, 0.25) is 0 Å². The Morgan fingerprint density at radius 1 is 1.00 bits per heavy atom. The summed E-state index contributed by atoms with van der Waals surface area (Å²) in [4.78, 5) is 15.6. The molecule has 0 radical (unpaired) electrons. The molecule has 1 heterocycles. The molecule has 0 aromatic heterocycles. The normalized spacial score (nSPS) is 22.3. The average molecular weight is 397 g/mol. The number of ketones is 1. The van der Waals surface area contributed by atoms with Crippen LogP contribution in [0.5, 0.6) is 0 Å². The minimum absolute atomic E-state index is 0.135. The molecule has 0 unspecified atom stereocenters. The number of nitrogens with zero attached hydrogens (tertiary/aromatic N) is 1. The van der Waals surface area contributed by atoms with Gasteiger partial charge in [-0.2, -0.15) is 0 Å². The molecule has 0 atom stereocenters. The number of likely N-dealkylation sites (tertiary alicyclic amines) is 1. The van der Waals surface area contributed by atoms with Crippen LogP contribution in [-0.2, 0) is 11.2 Å². The molecule has 2 aliphatic rings. The molecule has 21 heavy (non-hydrogen) atoms. The van der Waals surface area contributed by atoms with Gasteiger partial charge in [0.15, 0.2) is 5.78 Å². The van der Waals surface area contributed by atoms with Crippen LogP contribution in [0.1, 0.15) is 50.5 Å². The Kier molecular flexibility index (Phi) is 4.99. The van der Waals surface area contributed by atoms with E-state index in [2.05, 4.69) is 51.8 Å². The van der Waals surface area contributed by atoms with Gasteiger partial charge < -0.3 is 0 Å². The Labute approximate surface area is 141 Å². The number of hydrogen-bond acceptors (Lipinski definition) is 2. The van der Waals surface area contributed by atoms with Crippen molar-refractivity contribution in [1.29, 1.82) is 0 Å². The Hall–Kier alpha value is -0.420. The molecule has 1 saturated carbocycles. The third kappa shape index (κ3) is 3.34. The molecule has 3 rings (SSSR count). The average Bonchev–Trinajstić information content (AvgIpc) is 3.01. The monoisotopic (exact) mass is 397 g/mol. The van der Waals surface area contributed by atoms with Crippen LogP contribution in [0.25, 0.3) is 0 Å². The number of rotatable bonds is 4. The maximum absolute atomic E-state index is 13.1. The van der Waals surface area contributed by atoms with Gasteiger partial charge in [0.05, 0.1) is 5.54 Å². The molecule has 0 bridgehead atoms. The van der Waals surface area contributed by atoms with Gasteiger partial charge in [0.1, 0.15) is 0 Å². The summed E-state index contributed by atoms with van der Waals surface area (Å²) >= 11 is 2.31. The predicted molar refractivity (Wildman–Crippen MR) is 94.5 cm³/mol. The van der Waals surface area contributed by atoms with Crippen molar-refractivity contribution in [3.05, 3.63) is 33.4 Å². The van der Waals surface area contributed by atoms with E-state index in [1.165, 1.54) is 41.2 Å². The third-order valence-electron chi connectivity index (χ3n) is 5.19. The highest BCUT2D eigenvalue weighted by molar-refractivity contribution is 14.1. The van der Waals surface area contributed by atoms with Gasteiger partial charge in [-0.1, -0.05) is 31.4 Å². The van der Waals surface area contributed by atoms with Crippen LogP contribution in [0.3, 0.4) is 0 Å². The van der Waals surface area contributed by atoms with E-state index in [0.717, 1.165) is 25.9 Å². The second kappa shape index (κ2) is 6.78. The van der Waals surface area contributed by atoms with Gasteiger partial charge in [-0.25, -0.2) is 0 Å². The molecule has 1 saturated heterocycles. The van der Waals surface area contributed by atoms with Crippen molar-refractivity contribution in [2.75, 3.05) is 13.1 Å². The predicted octanol–water partition coefficient (Wildman–Crippen LogP) is 4.20. The van der Waals surface area contributed by atoms with E-state index in [1.807, 2.05) is 0 Å². The fraction of sp³-hybridized carbons (Fsp3) is 0.611. The van der Waals surface area contributed by atoms with E-state index in [4.69, 9.17) is 0 Å². The number of hydrogen-bond donors (Lipinski definition) is 0. The standard InChI is InChI=1S/C18H24INO/c19-16-8-6-15(7-9-16)14-17(21)18(10-2-3-11-18)20-12-4-1-5-13-20/h6-9H,1-5,10-14H2. The molecule has 1 aliphatic heterocycles. The van der Waals surface area contributed by atoms with Gasteiger partial charge >= 0.3 is 0 Å². The second-order valence-electron chi connectivity index (χ2n) is 6.51. The molecule has 1 aromatic carbocycles. The van der Waals surface area contributed by atoms with Crippen LogP contribution in [0.15, 0.2) is 24.3 Å². The summed E-state index contributed by atoms with van der Waals surface area (Å²) in [7, 11) is 0. The molecule has 0 N–H and O–H groups in total. The summed E-state index contributed by atoms with van der Waals surface area (Å²) in [5.41, 5.74) is 1.03. The van der Waals surface area contributed by atoms with Crippen molar-refractivity contribution in [2.45, 2.75) is 56.9 Å². The number of halogens is 1. The van der Waals surface area contributed by atoms with Crippen molar-refractivity contribution in [1.82, 2.24) is 4.90 Å². The molecule has 0 spiro atoms. The summed E-state index contributed by atoms with van der Waals surface area (Å²) in [6, 6.07) is 8.42. The first kappa shape index (κ1) is 15.5. The van der Waals surface area contributed by atoms with E-state index < -0.39 is 0 Å². The summed E-state index contributed by atoms with van der Waals surface area (Å²) in [5, 5.41) is 0. The molecule has 114 valence electrons. The highest BCUT2D eigenvalue weighted by atomic mass is 127. The zero-order chi connectivity index (χ0) is 14.7. The Balaban J connectivity index is 1.76. The molecular formula is C18H24INO. The quantitative estimate of drug-likeness (QED) is 0.710. The zero-order valence-corrected chi connectivity index (χ0v) is 14.8. The van der Waals surface area contributed by atoms with Crippen molar-refractivity contribution in [3.8, 4) is 0 Å². The van der Waals surface area contributed by atoms with Crippen LogP contribution in [-0.4, -0.2) is 29.3 Å². The number of carbonyl (C=O) groups is 1. The van der Waals surface area contributed by atoms with Crippen molar-refractivity contribution < 1.29 is 4.79 Å². The number of Topliss-reactive ketones (excluding diaryl/α,β-unsaturated/α-hetero) is 1. The fourth-order valence-electron chi connectivity index (χ4n) is 4.01. The minimum Gasteiger partial charge on any atom is -0.297 e. The molecular weight excluding hydrogens is 373 g/mol. The first-order chi connectivity index (χ1) is 10.2. The first-order valence-electron chi connectivity index (χ1n) is 8.23. The van der Waals surface area contributed by atoms with Gasteiger partial charge in [0, 0.05) is 9.99 Å². The van der Waals surface area contributed by atoms with Crippen LogP contribution < -0.4 is 0 Å². The maximum Gasteiger partial charge on any atom is 0.157 e. The Bertz CT molecular complexity index is 484.